The Morgan fingerprint density at radius 2 is 1.94 bits per heavy atom. The van der Waals surface area contributed by atoms with Crippen LogP contribution in [0.25, 0.3) is 0 Å². The molecule has 0 spiro atoms. The quantitative estimate of drug-likeness (QED) is 0.636. The minimum absolute atomic E-state index is 0.250. The van der Waals surface area contributed by atoms with Gasteiger partial charge in [-0.15, -0.1) is 0 Å². The second kappa shape index (κ2) is 3.28. The van der Waals surface area contributed by atoms with E-state index in [9.17, 15) is 9.90 Å². The van der Waals surface area contributed by atoms with Crippen molar-refractivity contribution in [2.45, 2.75) is 43.9 Å². The van der Waals surface area contributed by atoms with E-state index < -0.39 is 11.4 Å². The zero-order valence-corrected chi connectivity index (χ0v) is 9.92. The first-order chi connectivity index (χ1) is 7.92. The molecule has 0 unspecified atom stereocenters. The van der Waals surface area contributed by atoms with Crippen LogP contribution in [0, 0.1) is 5.92 Å². The van der Waals surface area contributed by atoms with Gasteiger partial charge >= 0.3 is 0 Å². The van der Waals surface area contributed by atoms with Crippen molar-refractivity contribution in [2.75, 3.05) is 0 Å². The molecule has 0 aromatic carbocycles. The first-order valence-electron chi connectivity index (χ1n) is 5.90. The van der Waals surface area contributed by atoms with Gasteiger partial charge in [0.1, 0.15) is 5.60 Å². The van der Waals surface area contributed by atoms with Crippen LogP contribution in [0.5, 0.6) is 0 Å². The van der Waals surface area contributed by atoms with E-state index in [1.807, 2.05) is 26.0 Å². The third kappa shape index (κ3) is 1.52. The summed E-state index contributed by atoms with van der Waals surface area (Å²) in [5, 5.41) is 10.5. The number of rotatable bonds is 0. The lowest BCUT2D eigenvalue weighted by Gasteiger charge is -2.52. The van der Waals surface area contributed by atoms with E-state index in [-0.39, 0.29) is 23.9 Å². The molecule has 3 aliphatic rings. The fourth-order valence-electron chi connectivity index (χ4n) is 2.99. The lowest BCUT2D eigenvalue weighted by Crippen LogP contribution is -2.63. The number of carbonyl (C=O) groups is 1. The second-order valence-corrected chi connectivity index (χ2v) is 5.37. The van der Waals surface area contributed by atoms with Crippen LogP contribution >= 0.6 is 0 Å². The number of hydrogen-bond donors (Lipinski definition) is 1. The van der Waals surface area contributed by atoms with Crippen LogP contribution < -0.4 is 0 Å². The maximum absolute atomic E-state index is 11.9. The van der Waals surface area contributed by atoms with Crippen molar-refractivity contribution in [3.05, 3.63) is 24.3 Å². The van der Waals surface area contributed by atoms with Gasteiger partial charge in [0, 0.05) is 6.42 Å². The van der Waals surface area contributed by atoms with Crippen molar-refractivity contribution in [1.29, 1.82) is 0 Å². The molecule has 1 fully saturated rings. The van der Waals surface area contributed by atoms with Crippen LogP contribution in [-0.4, -0.2) is 34.5 Å². The highest BCUT2D eigenvalue weighted by Gasteiger charge is 2.57. The predicted octanol–water partition coefficient (Wildman–Crippen LogP) is 0.953. The molecule has 1 saturated heterocycles. The van der Waals surface area contributed by atoms with Gasteiger partial charge in [0.05, 0.1) is 18.1 Å². The van der Waals surface area contributed by atoms with Crippen LogP contribution in [0.4, 0.5) is 0 Å². The predicted molar refractivity (Wildman–Crippen MR) is 60.2 cm³/mol. The molecule has 1 heterocycles. The van der Waals surface area contributed by atoms with Crippen LogP contribution in [0.2, 0.25) is 0 Å². The van der Waals surface area contributed by atoms with Gasteiger partial charge in [-0.1, -0.05) is 18.2 Å². The average molecular weight is 236 g/mol. The summed E-state index contributed by atoms with van der Waals surface area (Å²) >= 11 is 0. The van der Waals surface area contributed by atoms with Crippen LogP contribution in [0.3, 0.4) is 0 Å². The molecule has 1 aliphatic heterocycles. The molecule has 0 saturated carbocycles. The Morgan fingerprint density at radius 3 is 2.65 bits per heavy atom. The van der Waals surface area contributed by atoms with Gasteiger partial charge in [0.15, 0.2) is 11.6 Å². The molecular formula is C13H16O4. The van der Waals surface area contributed by atoms with Gasteiger partial charge in [-0.25, -0.2) is 0 Å². The maximum Gasteiger partial charge on any atom is 0.187 e. The highest BCUT2D eigenvalue weighted by molar-refractivity contribution is 5.98. The molecule has 1 N–H and O–H groups in total. The summed E-state index contributed by atoms with van der Waals surface area (Å²) in [5.74, 6) is -1.28. The Kier molecular flexibility index (Phi) is 2.15. The molecule has 4 nitrogen and oxygen atoms in total. The smallest absolute Gasteiger partial charge is 0.187 e. The molecule has 0 amide bonds. The monoisotopic (exact) mass is 236 g/mol. The number of ketones is 1. The molecule has 17 heavy (non-hydrogen) atoms. The molecule has 0 bridgehead atoms. The van der Waals surface area contributed by atoms with Gasteiger partial charge in [-0.2, -0.15) is 0 Å². The Balaban J connectivity index is 2.07. The van der Waals surface area contributed by atoms with Crippen molar-refractivity contribution in [3.63, 3.8) is 0 Å². The maximum atomic E-state index is 11.9. The minimum atomic E-state index is -1.37. The highest BCUT2D eigenvalue weighted by atomic mass is 16.7. The van der Waals surface area contributed by atoms with Crippen molar-refractivity contribution in [2.24, 2.45) is 5.92 Å². The van der Waals surface area contributed by atoms with Gasteiger partial charge < -0.3 is 14.6 Å². The molecule has 92 valence electrons. The number of aliphatic hydroxyl groups is 1. The summed E-state index contributed by atoms with van der Waals surface area (Å²) in [6, 6.07) is 0. The number of carbonyl (C=O) groups excluding carboxylic acids is 1. The molecule has 0 aromatic rings. The van der Waals surface area contributed by atoms with E-state index >= 15 is 0 Å². The molecule has 4 heteroatoms. The standard InChI is InChI=1S/C13H16O4/c1-12(2)16-8-4-3-7-13(15)10(14)6-5-9(17-12)11(8)13/h3-6,8-9,11,15H,7H2,1-2H3/t8-,9+,11+,13+/m1/s1. The first kappa shape index (κ1) is 11.1. The zero-order chi connectivity index (χ0) is 12.3. The van der Waals surface area contributed by atoms with E-state index in [4.69, 9.17) is 9.47 Å². The summed E-state index contributed by atoms with van der Waals surface area (Å²) in [4.78, 5) is 11.9. The number of ether oxygens (including phenoxy) is 2. The normalized spacial score (nSPS) is 46.8. The average Bonchev–Trinajstić information content (AvgIpc) is 2.22. The largest absolute Gasteiger partial charge is 0.381 e. The van der Waals surface area contributed by atoms with Crippen molar-refractivity contribution >= 4 is 5.78 Å². The molecular weight excluding hydrogens is 220 g/mol. The van der Waals surface area contributed by atoms with E-state index in [1.54, 1.807) is 6.08 Å². The lowest BCUT2D eigenvalue weighted by molar-refractivity contribution is -0.321. The Hall–Kier alpha value is -0.970. The van der Waals surface area contributed by atoms with Gasteiger partial charge in [0.2, 0.25) is 0 Å². The van der Waals surface area contributed by atoms with E-state index in [0.717, 1.165) is 0 Å². The van der Waals surface area contributed by atoms with Gasteiger partial charge in [-0.3, -0.25) is 4.79 Å². The topological polar surface area (TPSA) is 55.8 Å². The third-order valence-corrected chi connectivity index (χ3v) is 3.72. The highest BCUT2D eigenvalue weighted by Crippen LogP contribution is 2.44. The fraction of sp³-hybridized carbons (Fsp3) is 0.615. The van der Waals surface area contributed by atoms with Crippen molar-refractivity contribution in [1.82, 2.24) is 0 Å². The van der Waals surface area contributed by atoms with Gasteiger partial charge in [0.25, 0.3) is 0 Å². The SMILES string of the molecule is CC1(C)O[C@H]2C=CC(=O)[C@@]3(O)CC=C[C@@H](O1)[C@@H]23. The van der Waals surface area contributed by atoms with Crippen molar-refractivity contribution in [3.8, 4) is 0 Å². The summed E-state index contributed by atoms with van der Waals surface area (Å²) in [7, 11) is 0. The summed E-state index contributed by atoms with van der Waals surface area (Å²) in [5.41, 5.74) is -1.37. The zero-order valence-electron chi connectivity index (χ0n) is 9.92. The van der Waals surface area contributed by atoms with Crippen molar-refractivity contribution < 1.29 is 19.4 Å². The van der Waals surface area contributed by atoms with Crippen LogP contribution in [-0.2, 0) is 14.3 Å². The fourth-order valence-corrected chi connectivity index (χ4v) is 2.99. The van der Waals surface area contributed by atoms with E-state index in [2.05, 4.69) is 0 Å². The third-order valence-electron chi connectivity index (χ3n) is 3.72. The van der Waals surface area contributed by atoms with E-state index in [0.29, 0.717) is 6.42 Å². The summed E-state index contributed by atoms with van der Waals surface area (Å²) in [6.07, 6.45) is 6.70. The Bertz CT molecular complexity index is 423. The number of hydrogen-bond acceptors (Lipinski definition) is 4. The molecule has 4 atom stereocenters. The lowest BCUT2D eigenvalue weighted by atomic mass is 9.68. The Labute approximate surface area is 99.9 Å². The van der Waals surface area contributed by atoms with Crippen LogP contribution in [0.1, 0.15) is 20.3 Å². The second-order valence-electron chi connectivity index (χ2n) is 5.37. The van der Waals surface area contributed by atoms with E-state index in [1.165, 1.54) is 6.08 Å². The summed E-state index contributed by atoms with van der Waals surface area (Å²) in [6.45, 7) is 3.68. The molecule has 2 aliphatic carbocycles. The molecule has 3 rings (SSSR count). The Morgan fingerprint density at radius 1 is 1.29 bits per heavy atom. The van der Waals surface area contributed by atoms with Gasteiger partial charge in [-0.05, 0) is 19.9 Å². The molecule has 0 aromatic heterocycles. The minimum Gasteiger partial charge on any atom is -0.381 e. The first-order valence-corrected chi connectivity index (χ1v) is 5.90. The molecule has 0 radical (unpaired) electrons. The summed E-state index contributed by atoms with van der Waals surface area (Å²) < 4.78 is 11.5. The van der Waals surface area contributed by atoms with Crippen LogP contribution in [0.15, 0.2) is 24.3 Å².